The Morgan fingerprint density at radius 2 is 2.04 bits per heavy atom. The molecule has 1 aromatic carbocycles. The first-order valence-corrected chi connectivity index (χ1v) is 9.61. The van der Waals surface area contributed by atoms with Gasteiger partial charge in [0.1, 0.15) is 5.75 Å². The lowest BCUT2D eigenvalue weighted by Gasteiger charge is -2.22. The highest BCUT2D eigenvalue weighted by Crippen LogP contribution is 2.23. The summed E-state index contributed by atoms with van der Waals surface area (Å²) in [4.78, 5) is 11.8. The number of ether oxygens (including phenoxy) is 1. The molecule has 1 rings (SSSR count). The van der Waals surface area contributed by atoms with Crippen LogP contribution >= 0.6 is 0 Å². The number of nitrogens with zero attached hydrogens (tertiary/aromatic N) is 1. The van der Waals surface area contributed by atoms with Crippen LogP contribution in [-0.2, 0) is 14.8 Å². The van der Waals surface area contributed by atoms with Gasteiger partial charge in [0.25, 0.3) is 0 Å². The molecule has 0 radical (unpaired) electrons. The van der Waals surface area contributed by atoms with Crippen LogP contribution in [0, 0.1) is 0 Å². The SMILES string of the molecule is CCCCCNC(=O)CCN(c1cccc(OC)c1)S(C)(=O)=O. The van der Waals surface area contributed by atoms with Gasteiger partial charge in [-0.25, -0.2) is 8.42 Å². The normalized spacial score (nSPS) is 11.1. The van der Waals surface area contributed by atoms with Crippen LogP contribution in [0.1, 0.15) is 32.6 Å². The van der Waals surface area contributed by atoms with Crippen LogP contribution in [-0.4, -0.2) is 40.8 Å². The van der Waals surface area contributed by atoms with E-state index in [2.05, 4.69) is 12.2 Å². The predicted octanol–water partition coefficient (Wildman–Crippen LogP) is 2.16. The Morgan fingerprint density at radius 1 is 1.30 bits per heavy atom. The van der Waals surface area contributed by atoms with Gasteiger partial charge >= 0.3 is 0 Å². The molecule has 0 aliphatic rings. The van der Waals surface area contributed by atoms with Gasteiger partial charge < -0.3 is 10.1 Å². The maximum absolute atomic E-state index is 12.0. The third-order valence-electron chi connectivity index (χ3n) is 3.39. The van der Waals surface area contributed by atoms with Gasteiger partial charge in [0, 0.05) is 25.6 Å². The molecule has 0 bridgehead atoms. The molecule has 23 heavy (non-hydrogen) atoms. The lowest BCUT2D eigenvalue weighted by molar-refractivity contribution is -0.120. The average Bonchev–Trinajstić information content (AvgIpc) is 2.50. The van der Waals surface area contributed by atoms with E-state index >= 15 is 0 Å². The van der Waals surface area contributed by atoms with Gasteiger partial charge in [0.15, 0.2) is 0 Å². The Kier molecular flexibility index (Phi) is 7.88. The second kappa shape index (κ2) is 9.39. The number of nitrogens with one attached hydrogen (secondary N) is 1. The van der Waals surface area contributed by atoms with Crippen molar-refractivity contribution < 1.29 is 17.9 Å². The van der Waals surface area contributed by atoms with Crippen LogP contribution in [0.5, 0.6) is 5.75 Å². The van der Waals surface area contributed by atoms with Crippen molar-refractivity contribution in [2.75, 3.05) is 30.8 Å². The molecule has 1 amide bonds. The van der Waals surface area contributed by atoms with E-state index < -0.39 is 10.0 Å². The molecule has 0 unspecified atom stereocenters. The number of amides is 1. The maximum Gasteiger partial charge on any atom is 0.232 e. The van der Waals surface area contributed by atoms with E-state index in [1.54, 1.807) is 24.3 Å². The van der Waals surface area contributed by atoms with E-state index in [9.17, 15) is 13.2 Å². The third kappa shape index (κ3) is 6.90. The fourth-order valence-electron chi connectivity index (χ4n) is 2.15. The van der Waals surface area contributed by atoms with Crippen LogP contribution in [0.4, 0.5) is 5.69 Å². The highest BCUT2D eigenvalue weighted by molar-refractivity contribution is 7.92. The van der Waals surface area contributed by atoms with E-state index in [0.717, 1.165) is 25.5 Å². The average molecular weight is 342 g/mol. The van der Waals surface area contributed by atoms with Crippen LogP contribution in [0.2, 0.25) is 0 Å². The summed E-state index contributed by atoms with van der Waals surface area (Å²) in [6.45, 7) is 2.83. The molecule has 1 aromatic rings. The number of carbonyl (C=O) groups is 1. The summed E-state index contributed by atoms with van der Waals surface area (Å²) in [6, 6.07) is 6.78. The summed E-state index contributed by atoms with van der Waals surface area (Å²) in [5.41, 5.74) is 0.491. The Labute approximate surface area is 138 Å². The van der Waals surface area contributed by atoms with Gasteiger partial charge in [-0.15, -0.1) is 0 Å². The molecule has 6 nitrogen and oxygen atoms in total. The van der Waals surface area contributed by atoms with Crippen LogP contribution in [0.25, 0.3) is 0 Å². The molecule has 7 heteroatoms. The minimum Gasteiger partial charge on any atom is -0.497 e. The minimum atomic E-state index is -3.47. The van der Waals surface area contributed by atoms with Gasteiger partial charge in [0.05, 0.1) is 19.1 Å². The van der Waals surface area contributed by atoms with E-state index in [4.69, 9.17) is 4.74 Å². The van der Waals surface area contributed by atoms with E-state index in [1.165, 1.54) is 11.4 Å². The number of rotatable bonds is 10. The fourth-order valence-corrected chi connectivity index (χ4v) is 3.07. The predicted molar refractivity (Wildman–Crippen MR) is 92.3 cm³/mol. The number of hydrogen-bond acceptors (Lipinski definition) is 4. The second-order valence-electron chi connectivity index (χ2n) is 5.34. The number of carbonyl (C=O) groups excluding carboxylic acids is 1. The molecule has 0 saturated carbocycles. The summed E-state index contributed by atoms with van der Waals surface area (Å²) in [5.74, 6) is 0.429. The molecule has 0 fully saturated rings. The first-order valence-electron chi connectivity index (χ1n) is 7.77. The number of benzene rings is 1. The van der Waals surface area contributed by atoms with Crippen molar-refractivity contribution in [3.05, 3.63) is 24.3 Å². The van der Waals surface area contributed by atoms with Gasteiger partial charge in [0.2, 0.25) is 15.9 Å². The lowest BCUT2D eigenvalue weighted by Crippen LogP contribution is -2.34. The number of sulfonamides is 1. The first kappa shape index (κ1) is 19.3. The molecule has 1 N–H and O–H groups in total. The summed E-state index contributed by atoms with van der Waals surface area (Å²) in [7, 11) is -1.95. The zero-order valence-corrected chi connectivity index (χ0v) is 14.9. The summed E-state index contributed by atoms with van der Waals surface area (Å²) in [6.07, 6.45) is 4.35. The lowest BCUT2D eigenvalue weighted by atomic mass is 10.2. The topological polar surface area (TPSA) is 75.7 Å². The fraction of sp³-hybridized carbons (Fsp3) is 0.562. The number of methoxy groups -OCH3 is 1. The van der Waals surface area contributed by atoms with Crippen molar-refractivity contribution in [2.45, 2.75) is 32.6 Å². The number of unbranched alkanes of at least 4 members (excludes halogenated alkanes) is 2. The molecule has 0 heterocycles. The molecule has 0 saturated heterocycles. The minimum absolute atomic E-state index is 0.103. The van der Waals surface area contributed by atoms with E-state index in [0.29, 0.717) is 18.0 Å². The number of hydrogen-bond donors (Lipinski definition) is 1. The summed E-state index contributed by atoms with van der Waals surface area (Å²) >= 11 is 0. The second-order valence-corrected chi connectivity index (χ2v) is 7.25. The monoisotopic (exact) mass is 342 g/mol. The van der Waals surface area contributed by atoms with Crippen molar-refractivity contribution in [1.82, 2.24) is 5.32 Å². The van der Waals surface area contributed by atoms with Gasteiger partial charge in [-0.1, -0.05) is 25.8 Å². The Hall–Kier alpha value is -1.76. The highest BCUT2D eigenvalue weighted by atomic mass is 32.2. The standard InChI is InChI=1S/C16H26N2O4S/c1-4-5-6-11-17-16(19)10-12-18(23(3,20)21)14-8-7-9-15(13-14)22-2/h7-9,13H,4-6,10-12H2,1-3H3,(H,17,19). The van der Waals surface area contributed by atoms with Crippen molar-refractivity contribution in [1.29, 1.82) is 0 Å². The molecule has 0 aliphatic carbocycles. The molecule has 130 valence electrons. The van der Waals surface area contributed by atoms with Crippen LogP contribution in [0.15, 0.2) is 24.3 Å². The molecule has 0 aliphatic heterocycles. The van der Waals surface area contributed by atoms with Crippen LogP contribution in [0.3, 0.4) is 0 Å². The zero-order chi connectivity index (χ0) is 17.3. The Balaban J connectivity index is 2.68. The smallest absolute Gasteiger partial charge is 0.232 e. The van der Waals surface area contributed by atoms with Crippen molar-refractivity contribution in [2.24, 2.45) is 0 Å². The summed E-state index contributed by atoms with van der Waals surface area (Å²) < 4.78 is 30.3. The highest BCUT2D eigenvalue weighted by Gasteiger charge is 2.19. The third-order valence-corrected chi connectivity index (χ3v) is 4.58. The Morgan fingerprint density at radius 3 is 2.65 bits per heavy atom. The largest absolute Gasteiger partial charge is 0.497 e. The molecular weight excluding hydrogens is 316 g/mol. The van der Waals surface area contributed by atoms with Crippen molar-refractivity contribution in [3.8, 4) is 5.75 Å². The molecule has 0 spiro atoms. The Bertz CT molecular complexity index is 602. The van der Waals surface area contributed by atoms with Crippen molar-refractivity contribution in [3.63, 3.8) is 0 Å². The summed E-state index contributed by atoms with van der Waals surface area (Å²) in [5, 5.41) is 2.81. The zero-order valence-electron chi connectivity index (χ0n) is 14.0. The molecule has 0 aromatic heterocycles. The van der Waals surface area contributed by atoms with Gasteiger partial charge in [-0.2, -0.15) is 0 Å². The quantitative estimate of drug-likeness (QED) is 0.661. The molecule has 0 atom stereocenters. The van der Waals surface area contributed by atoms with Gasteiger partial charge in [-0.05, 0) is 18.6 Å². The maximum atomic E-state index is 12.0. The molecular formula is C16H26N2O4S. The van der Waals surface area contributed by atoms with E-state index in [-0.39, 0.29) is 18.9 Å². The van der Waals surface area contributed by atoms with Crippen LogP contribution < -0.4 is 14.4 Å². The van der Waals surface area contributed by atoms with Gasteiger partial charge in [-0.3, -0.25) is 9.10 Å². The van der Waals surface area contributed by atoms with Crippen molar-refractivity contribution >= 4 is 21.6 Å². The van der Waals surface area contributed by atoms with E-state index in [1.807, 2.05) is 0 Å². The number of anilines is 1. The first-order chi connectivity index (χ1) is 10.9.